The van der Waals surface area contributed by atoms with Gasteiger partial charge < -0.3 is 5.11 Å². The van der Waals surface area contributed by atoms with Crippen LogP contribution in [0.25, 0.3) is 0 Å². The summed E-state index contributed by atoms with van der Waals surface area (Å²) < 4.78 is 13.3. The van der Waals surface area contributed by atoms with Crippen LogP contribution in [0.5, 0.6) is 0 Å². The molecule has 0 spiro atoms. The summed E-state index contributed by atoms with van der Waals surface area (Å²) >= 11 is 5.89. The smallest absolute Gasteiger partial charge is 0.142 e. The predicted molar refractivity (Wildman–Crippen MR) is 67.7 cm³/mol. The molecule has 0 aromatic heterocycles. The summed E-state index contributed by atoms with van der Waals surface area (Å²) in [5, 5.41) is 10.3. The van der Waals surface area contributed by atoms with Crippen molar-refractivity contribution in [3.63, 3.8) is 0 Å². The van der Waals surface area contributed by atoms with Gasteiger partial charge in [-0.05, 0) is 30.4 Å². The summed E-state index contributed by atoms with van der Waals surface area (Å²) in [5.74, 6) is -0.0527. The summed E-state index contributed by atoms with van der Waals surface area (Å²) in [7, 11) is 0. The third-order valence-electron chi connectivity index (χ3n) is 3.65. The van der Waals surface area contributed by atoms with Gasteiger partial charge in [0.1, 0.15) is 5.82 Å². The molecular weight excluding hydrogens is 239 g/mol. The molecule has 1 N–H and O–H groups in total. The lowest BCUT2D eigenvalue weighted by Crippen LogP contribution is -2.25. The van der Waals surface area contributed by atoms with Gasteiger partial charge in [-0.2, -0.15) is 0 Å². The topological polar surface area (TPSA) is 20.2 Å². The van der Waals surface area contributed by atoms with Crippen molar-refractivity contribution in [1.29, 1.82) is 0 Å². The Morgan fingerprint density at radius 3 is 2.71 bits per heavy atom. The molecule has 17 heavy (non-hydrogen) atoms. The highest BCUT2D eigenvalue weighted by Crippen LogP contribution is 2.29. The molecule has 1 aliphatic rings. The lowest BCUT2D eigenvalue weighted by molar-refractivity contribution is 0.0851. The second-order valence-corrected chi connectivity index (χ2v) is 5.26. The molecule has 0 radical (unpaired) electrons. The predicted octanol–water partition coefficient (Wildman–Crippen LogP) is 3.96. The number of aliphatic hydroxyl groups excluding tert-OH is 1. The van der Waals surface area contributed by atoms with Crippen molar-refractivity contribution in [1.82, 2.24) is 0 Å². The third kappa shape index (κ3) is 3.20. The van der Waals surface area contributed by atoms with Crippen molar-refractivity contribution in [2.24, 2.45) is 5.92 Å². The summed E-state index contributed by atoms with van der Waals surface area (Å²) in [6.07, 6.45) is 5.87. The summed E-state index contributed by atoms with van der Waals surface area (Å²) in [4.78, 5) is 0. The molecule has 1 aromatic rings. The minimum Gasteiger partial charge on any atom is -0.392 e. The van der Waals surface area contributed by atoms with E-state index in [1.165, 1.54) is 25.3 Å². The van der Waals surface area contributed by atoms with E-state index in [4.69, 9.17) is 11.6 Å². The highest BCUT2D eigenvalue weighted by atomic mass is 35.5. The molecule has 2 rings (SSSR count). The Balaban J connectivity index is 2.01. The third-order valence-corrected chi connectivity index (χ3v) is 4.08. The van der Waals surface area contributed by atoms with Crippen molar-refractivity contribution in [2.75, 3.05) is 0 Å². The molecule has 1 aromatic carbocycles. The van der Waals surface area contributed by atoms with Crippen molar-refractivity contribution >= 4 is 11.6 Å². The Morgan fingerprint density at radius 1 is 1.29 bits per heavy atom. The van der Waals surface area contributed by atoms with Crippen molar-refractivity contribution in [3.05, 3.63) is 34.6 Å². The molecule has 0 bridgehead atoms. The first kappa shape index (κ1) is 12.8. The number of halogens is 2. The van der Waals surface area contributed by atoms with Crippen LogP contribution < -0.4 is 0 Å². The Hall–Kier alpha value is -0.600. The largest absolute Gasteiger partial charge is 0.392 e. The molecule has 1 fully saturated rings. The van der Waals surface area contributed by atoms with Crippen LogP contribution in [0.1, 0.15) is 37.7 Å². The fourth-order valence-electron chi connectivity index (χ4n) is 2.62. The van der Waals surface area contributed by atoms with E-state index in [2.05, 4.69) is 0 Å². The van der Waals surface area contributed by atoms with Crippen LogP contribution in [0, 0.1) is 11.7 Å². The van der Waals surface area contributed by atoms with Gasteiger partial charge in [-0.1, -0.05) is 43.0 Å². The van der Waals surface area contributed by atoms with E-state index in [9.17, 15) is 9.50 Å². The number of hydrogen-bond acceptors (Lipinski definition) is 1. The SMILES string of the molecule is OC(Cc1cccc(F)c1Cl)C1CCCCC1. The summed E-state index contributed by atoms with van der Waals surface area (Å²) in [5.41, 5.74) is 0.713. The fraction of sp³-hybridized carbons (Fsp3) is 0.571. The van der Waals surface area contributed by atoms with E-state index in [0.717, 1.165) is 12.8 Å². The molecule has 1 saturated carbocycles. The lowest BCUT2D eigenvalue weighted by Gasteiger charge is -2.26. The van der Waals surface area contributed by atoms with Gasteiger partial charge in [0.25, 0.3) is 0 Å². The molecule has 1 nitrogen and oxygen atoms in total. The molecule has 0 heterocycles. The van der Waals surface area contributed by atoms with E-state index in [1.807, 2.05) is 0 Å². The fourth-order valence-corrected chi connectivity index (χ4v) is 2.82. The Morgan fingerprint density at radius 2 is 2.00 bits per heavy atom. The highest BCUT2D eigenvalue weighted by molar-refractivity contribution is 6.31. The zero-order chi connectivity index (χ0) is 12.3. The second kappa shape index (κ2) is 5.83. The maximum Gasteiger partial charge on any atom is 0.142 e. The first-order valence-corrected chi connectivity index (χ1v) is 6.67. The number of benzene rings is 1. The normalized spacial score (nSPS) is 19.2. The van der Waals surface area contributed by atoms with E-state index < -0.39 is 11.9 Å². The number of rotatable bonds is 3. The molecule has 1 aliphatic carbocycles. The highest BCUT2D eigenvalue weighted by Gasteiger charge is 2.22. The molecular formula is C14H18ClFO. The van der Waals surface area contributed by atoms with Gasteiger partial charge in [-0.3, -0.25) is 0 Å². The van der Waals surface area contributed by atoms with Crippen LogP contribution in [0.15, 0.2) is 18.2 Å². The standard InChI is InChI=1S/C14H18ClFO/c15-14-11(7-4-8-12(14)16)9-13(17)10-5-2-1-3-6-10/h4,7-8,10,13,17H,1-3,5-6,9H2. The van der Waals surface area contributed by atoms with Crippen LogP contribution in [0.3, 0.4) is 0 Å². The van der Waals surface area contributed by atoms with E-state index in [0.29, 0.717) is 17.9 Å². The molecule has 3 heteroatoms. The van der Waals surface area contributed by atoms with Gasteiger partial charge in [-0.25, -0.2) is 4.39 Å². The molecule has 0 saturated heterocycles. The summed E-state index contributed by atoms with van der Waals surface area (Å²) in [6.45, 7) is 0. The van der Waals surface area contributed by atoms with Crippen LogP contribution in [0.4, 0.5) is 4.39 Å². The zero-order valence-corrected chi connectivity index (χ0v) is 10.6. The minimum absolute atomic E-state index is 0.155. The summed E-state index contributed by atoms with van der Waals surface area (Å²) in [6, 6.07) is 4.78. The molecule has 1 atom stereocenters. The molecule has 1 unspecified atom stereocenters. The Labute approximate surface area is 107 Å². The van der Waals surface area contributed by atoms with Crippen molar-refractivity contribution in [3.8, 4) is 0 Å². The van der Waals surface area contributed by atoms with Crippen LogP contribution >= 0.6 is 11.6 Å². The average molecular weight is 257 g/mol. The van der Waals surface area contributed by atoms with Gasteiger partial charge in [0.2, 0.25) is 0 Å². The molecule has 94 valence electrons. The zero-order valence-electron chi connectivity index (χ0n) is 9.83. The Kier molecular flexibility index (Phi) is 4.41. The van der Waals surface area contributed by atoms with Crippen LogP contribution in [-0.4, -0.2) is 11.2 Å². The maximum atomic E-state index is 13.3. The van der Waals surface area contributed by atoms with E-state index in [1.54, 1.807) is 12.1 Å². The van der Waals surface area contributed by atoms with Gasteiger partial charge in [0.05, 0.1) is 11.1 Å². The number of hydrogen-bond donors (Lipinski definition) is 1. The van der Waals surface area contributed by atoms with Crippen molar-refractivity contribution < 1.29 is 9.50 Å². The minimum atomic E-state index is -0.403. The average Bonchev–Trinajstić information content (AvgIpc) is 2.36. The van der Waals surface area contributed by atoms with Crippen molar-refractivity contribution in [2.45, 2.75) is 44.6 Å². The molecule has 0 aliphatic heterocycles. The Bertz CT molecular complexity index is 374. The second-order valence-electron chi connectivity index (χ2n) is 4.88. The monoisotopic (exact) mass is 256 g/mol. The maximum absolute atomic E-state index is 13.3. The lowest BCUT2D eigenvalue weighted by atomic mass is 9.83. The van der Waals surface area contributed by atoms with Gasteiger partial charge in [0, 0.05) is 6.42 Å². The van der Waals surface area contributed by atoms with Gasteiger partial charge >= 0.3 is 0 Å². The van der Waals surface area contributed by atoms with Crippen LogP contribution in [0.2, 0.25) is 5.02 Å². The van der Waals surface area contributed by atoms with E-state index >= 15 is 0 Å². The number of aliphatic hydroxyl groups is 1. The first-order valence-electron chi connectivity index (χ1n) is 6.29. The molecule has 0 amide bonds. The first-order chi connectivity index (χ1) is 8.18. The van der Waals surface area contributed by atoms with Crippen LogP contribution in [-0.2, 0) is 6.42 Å². The van der Waals surface area contributed by atoms with Gasteiger partial charge in [-0.15, -0.1) is 0 Å². The van der Waals surface area contributed by atoms with E-state index in [-0.39, 0.29) is 5.02 Å². The van der Waals surface area contributed by atoms with Gasteiger partial charge in [0.15, 0.2) is 0 Å². The quantitative estimate of drug-likeness (QED) is 0.868.